The second-order valence-corrected chi connectivity index (χ2v) is 6.94. The molecule has 0 unspecified atom stereocenters. The van der Waals surface area contributed by atoms with Gasteiger partial charge in [-0.2, -0.15) is 0 Å². The van der Waals surface area contributed by atoms with Crippen molar-refractivity contribution in [2.24, 2.45) is 11.3 Å². The van der Waals surface area contributed by atoms with E-state index in [9.17, 15) is 24.6 Å². The number of rotatable bonds is 10. The smallest absolute Gasteiger partial charge is 0.321 e. The Morgan fingerprint density at radius 1 is 1.04 bits per heavy atom. The van der Waals surface area contributed by atoms with Crippen molar-refractivity contribution in [1.82, 2.24) is 0 Å². The summed E-state index contributed by atoms with van der Waals surface area (Å²) in [6.07, 6.45) is 1.59. The van der Waals surface area contributed by atoms with E-state index in [2.05, 4.69) is 15.9 Å². The first-order chi connectivity index (χ1) is 11.3. The van der Waals surface area contributed by atoms with Gasteiger partial charge in [-0.15, -0.1) is 0 Å². The Hall–Kier alpha value is -1.69. The fourth-order valence-electron chi connectivity index (χ4n) is 2.70. The third kappa shape index (κ3) is 4.90. The molecule has 0 saturated heterocycles. The Labute approximate surface area is 150 Å². The number of carbonyl (C=O) groups is 3. The normalized spacial score (nSPS) is 11.5. The Morgan fingerprint density at radius 3 is 1.96 bits per heavy atom. The first-order valence-electron chi connectivity index (χ1n) is 8.02. The van der Waals surface area contributed by atoms with E-state index in [0.717, 1.165) is 17.3 Å². The molecular formula is C18H23BrO5. The molecule has 6 heteroatoms. The van der Waals surface area contributed by atoms with E-state index in [1.165, 1.54) is 0 Å². The Morgan fingerprint density at radius 2 is 1.54 bits per heavy atom. The molecule has 0 amide bonds. The van der Waals surface area contributed by atoms with Crippen LogP contribution in [0.5, 0.6) is 0 Å². The Balaban J connectivity index is 3.04. The molecule has 0 spiro atoms. The molecule has 0 saturated carbocycles. The molecule has 0 aliphatic carbocycles. The second-order valence-electron chi connectivity index (χ2n) is 6.02. The monoisotopic (exact) mass is 398 g/mol. The zero-order valence-electron chi connectivity index (χ0n) is 13.9. The summed E-state index contributed by atoms with van der Waals surface area (Å²) in [7, 11) is 0. The van der Waals surface area contributed by atoms with E-state index in [4.69, 9.17) is 0 Å². The molecule has 2 N–H and O–H groups in total. The summed E-state index contributed by atoms with van der Waals surface area (Å²) in [6.45, 7) is 3.98. The van der Waals surface area contributed by atoms with Gasteiger partial charge in [0.15, 0.2) is 11.2 Å². The minimum absolute atomic E-state index is 0.0493. The van der Waals surface area contributed by atoms with E-state index in [0.29, 0.717) is 12.0 Å². The largest absolute Gasteiger partial charge is 0.480 e. The predicted octanol–water partition coefficient (Wildman–Crippen LogP) is 4.39. The van der Waals surface area contributed by atoms with Crippen LogP contribution in [0.2, 0.25) is 0 Å². The number of halogens is 1. The molecule has 132 valence electrons. The summed E-state index contributed by atoms with van der Waals surface area (Å²) < 4.78 is 0.788. The number of hydrogen-bond acceptors (Lipinski definition) is 3. The highest BCUT2D eigenvalue weighted by molar-refractivity contribution is 9.10. The molecule has 0 radical (unpaired) electrons. The van der Waals surface area contributed by atoms with Crippen molar-refractivity contribution in [3.05, 3.63) is 34.3 Å². The highest BCUT2D eigenvalue weighted by Gasteiger charge is 2.48. The van der Waals surface area contributed by atoms with Gasteiger partial charge in [0.1, 0.15) is 0 Å². The van der Waals surface area contributed by atoms with Gasteiger partial charge in [-0.1, -0.05) is 54.8 Å². The standard InChI is InChI=1S/C18H23BrO5/c1-3-12(4-2)9-10-18(16(21)22,17(23)24)11-15(20)13-5-7-14(19)8-6-13/h5-8,12H,3-4,9-11H2,1-2H3,(H,21,22)(H,23,24). The van der Waals surface area contributed by atoms with Gasteiger partial charge in [0, 0.05) is 16.5 Å². The summed E-state index contributed by atoms with van der Waals surface area (Å²) >= 11 is 3.26. The van der Waals surface area contributed by atoms with Gasteiger partial charge in [0.25, 0.3) is 0 Å². The summed E-state index contributed by atoms with van der Waals surface area (Å²) in [6, 6.07) is 6.45. The van der Waals surface area contributed by atoms with Crippen molar-refractivity contribution in [2.45, 2.75) is 46.0 Å². The molecule has 1 rings (SSSR count). The number of carboxylic acids is 2. The lowest BCUT2D eigenvalue weighted by molar-refractivity contribution is -0.165. The highest BCUT2D eigenvalue weighted by atomic mass is 79.9. The SMILES string of the molecule is CCC(CC)CCC(CC(=O)c1ccc(Br)cc1)(C(=O)O)C(=O)O. The number of benzene rings is 1. The van der Waals surface area contributed by atoms with E-state index in [1.54, 1.807) is 24.3 Å². The van der Waals surface area contributed by atoms with Crippen LogP contribution in [0.4, 0.5) is 0 Å². The Kier molecular flexibility index (Phi) is 7.60. The lowest BCUT2D eigenvalue weighted by Crippen LogP contribution is -2.41. The van der Waals surface area contributed by atoms with Gasteiger partial charge in [-0.05, 0) is 30.9 Å². The molecule has 0 heterocycles. The average Bonchev–Trinajstić information content (AvgIpc) is 2.54. The lowest BCUT2D eigenvalue weighted by Gasteiger charge is -2.26. The van der Waals surface area contributed by atoms with Gasteiger partial charge >= 0.3 is 11.9 Å². The quantitative estimate of drug-likeness (QED) is 0.450. The molecule has 0 bridgehead atoms. The van der Waals surface area contributed by atoms with Gasteiger partial charge in [0.2, 0.25) is 0 Å². The van der Waals surface area contributed by atoms with E-state index in [-0.39, 0.29) is 12.3 Å². The summed E-state index contributed by atoms with van der Waals surface area (Å²) in [5.41, 5.74) is -1.76. The van der Waals surface area contributed by atoms with Crippen LogP contribution in [0, 0.1) is 11.3 Å². The highest BCUT2D eigenvalue weighted by Crippen LogP contribution is 2.34. The van der Waals surface area contributed by atoms with Crippen LogP contribution in [0.1, 0.15) is 56.3 Å². The second kappa shape index (κ2) is 8.97. The summed E-state index contributed by atoms with van der Waals surface area (Å²) in [5.74, 6) is -3.12. The van der Waals surface area contributed by atoms with Crippen LogP contribution in [0.25, 0.3) is 0 Å². The van der Waals surface area contributed by atoms with Crippen LogP contribution in [-0.2, 0) is 9.59 Å². The molecule has 0 atom stereocenters. The molecule has 0 aliphatic heterocycles. The van der Waals surface area contributed by atoms with Crippen LogP contribution >= 0.6 is 15.9 Å². The van der Waals surface area contributed by atoms with Crippen LogP contribution in [0.15, 0.2) is 28.7 Å². The van der Waals surface area contributed by atoms with E-state index in [1.807, 2.05) is 13.8 Å². The number of Topliss-reactive ketones (excluding diaryl/α,β-unsaturated/α-hetero) is 1. The van der Waals surface area contributed by atoms with Gasteiger partial charge in [-0.25, -0.2) is 0 Å². The molecular weight excluding hydrogens is 376 g/mol. The number of carbonyl (C=O) groups excluding carboxylic acids is 1. The maximum Gasteiger partial charge on any atom is 0.321 e. The third-order valence-corrected chi connectivity index (χ3v) is 5.11. The van der Waals surface area contributed by atoms with Crippen LogP contribution in [0.3, 0.4) is 0 Å². The third-order valence-electron chi connectivity index (χ3n) is 4.58. The number of carboxylic acid groups (broad SMARTS) is 2. The topological polar surface area (TPSA) is 91.7 Å². The van der Waals surface area contributed by atoms with Gasteiger partial charge in [0.05, 0.1) is 0 Å². The van der Waals surface area contributed by atoms with E-state index < -0.39 is 29.6 Å². The van der Waals surface area contributed by atoms with Crippen molar-refractivity contribution in [3.8, 4) is 0 Å². The lowest BCUT2D eigenvalue weighted by atomic mass is 9.75. The number of aliphatic carboxylic acids is 2. The van der Waals surface area contributed by atoms with Crippen molar-refractivity contribution >= 4 is 33.7 Å². The minimum atomic E-state index is -2.08. The molecule has 0 fully saturated rings. The zero-order chi connectivity index (χ0) is 18.3. The number of hydrogen-bond donors (Lipinski definition) is 2. The number of ketones is 1. The summed E-state index contributed by atoms with van der Waals surface area (Å²) in [4.78, 5) is 35.9. The minimum Gasteiger partial charge on any atom is -0.480 e. The molecule has 0 aliphatic rings. The fraction of sp³-hybridized carbons (Fsp3) is 0.500. The van der Waals surface area contributed by atoms with Crippen molar-refractivity contribution in [2.75, 3.05) is 0 Å². The first kappa shape index (κ1) is 20.4. The predicted molar refractivity (Wildman–Crippen MR) is 94.1 cm³/mol. The first-order valence-corrected chi connectivity index (χ1v) is 8.81. The van der Waals surface area contributed by atoms with Gasteiger partial charge < -0.3 is 10.2 Å². The van der Waals surface area contributed by atoms with Crippen molar-refractivity contribution < 1.29 is 24.6 Å². The molecule has 1 aromatic carbocycles. The maximum atomic E-state index is 12.4. The molecule has 1 aromatic rings. The van der Waals surface area contributed by atoms with Crippen molar-refractivity contribution in [3.63, 3.8) is 0 Å². The molecule has 24 heavy (non-hydrogen) atoms. The zero-order valence-corrected chi connectivity index (χ0v) is 15.5. The molecule has 0 aromatic heterocycles. The maximum absolute atomic E-state index is 12.4. The Bertz CT molecular complexity index is 576. The van der Waals surface area contributed by atoms with Crippen molar-refractivity contribution in [1.29, 1.82) is 0 Å². The fourth-order valence-corrected chi connectivity index (χ4v) is 2.97. The van der Waals surface area contributed by atoms with Crippen LogP contribution < -0.4 is 0 Å². The average molecular weight is 399 g/mol. The molecule has 5 nitrogen and oxygen atoms in total. The summed E-state index contributed by atoms with van der Waals surface area (Å²) in [5, 5.41) is 19.1. The van der Waals surface area contributed by atoms with Crippen LogP contribution in [-0.4, -0.2) is 27.9 Å². The van der Waals surface area contributed by atoms with Gasteiger partial charge in [-0.3, -0.25) is 14.4 Å². The van der Waals surface area contributed by atoms with E-state index >= 15 is 0 Å².